The van der Waals surface area contributed by atoms with Gasteiger partial charge in [0.2, 0.25) is 5.91 Å². The Morgan fingerprint density at radius 3 is 2.55 bits per heavy atom. The van der Waals surface area contributed by atoms with Crippen LogP contribution in [-0.4, -0.2) is 18.4 Å². The molecule has 1 aromatic heterocycles. The van der Waals surface area contributed by atoms with Crippen molar-refractivity contribution in [3.05, 3.63) is 89.4 Å². The van der Waals surface area contributed by atoms with Crippen LogP contribution < -0.4 is 10.2 Å². The molecular formula is C22H20F2N2O3. The molecule has 0 radical (unpaired) electrons. The van der Waals surface area contributed by atoms with Gasteiger partial charge in [-0.3, -0.25) is 9.59 Å². The van der Waals surface area contributed by atoms with E-state index in [9.17, 15) is 18.4 Å². The normalized spacial score (nSPS) is 10.6. The van der Waals surface area contributed by atoms with Crippen molar-refractivity contribution in [3.63, 3.8) is 0 Å². The summed E-state index contributed by atoms with van der Waals surface area (Å²) in [6.45, 7) is 1.88. The van der Waals surface area contributed by atoms with Gasteiger partial charge in [-0.15, -0.1) is 0 Å². The van der Waals surface area contributed by atoms with E-state index < -0.39 is 17.5 Å². The van der Waals surface area contributed by atoms with Crippen LogP contribution in [0.5, 0.6) is 0 Å². The highest BCUT2D eigenvalue weighted by molar-refractivity contribution is 5.97. The molecule has 3 aromatic rings. The molecule has 1 heterocycles. The first-order valence-corrected chi connectivity index (χ1v) is 9.07. The summed E-state index contributed by atoms with van der Waals surface area (Å²) in [6, 6.07) is 13.4. The van der Waals surface area contributed by atoms with Crippen LogP contribution in [0.3, 0.4) is 0 Å². The van der Waals surface area contributed by atoms with E-state index in [4.69, 9.17) is 4.42 Å². The third-order valence-corrected chi connectivity index (χ3v) is 4.41. The van der Waals surface area contributed by atoms with E-state index in [1.807, 2.05) is 19.1 Å². The topological polar surface area (TPSA) is 62.6 Å². The van der Waals surface area contributed by atoms with E-state index in [0.29, 0.717) is 11.3 Å². The molecule has 1 N–H and O–H groups in total. The maximum atomic E-state index is 14.3. The quantitative estimate of drug-likeness (QED) is 0.648. The second-order valence-electron chi connectivity index (χ2n) is 6.48. The SMILES string of the molecule is Cc1ccccc1C(=O)NCCC(=O)N(Cc1ccco1)c1ccc(F)cc1F. The molecule has 5 nitrogen and oxygen atoms in total. The molecule has 29 heavy (non-hydrogen) atoms. The minimum Gasteiger partial charge on any atom is -0.467 e. The lowest BCUT2D eigenvalue weighted by molar-refractivity contribution is -0.118. The molecule has 0 spiro atoms. The van der Waals surface area contributed by atoms with Crippen molar-refractivity contribution < 1.29 is 22.8 Å². The zero-order valence-electron chi connectivity index (χ0n) is 15.8. The van der Waals surface area contributed by atoms with E-state index in [1.165, 1.54) is 17.2 Å². The van der Waals surface area contributed by atoms with Crippen LogP contribution >= 0.6 is 0 Å². The largest absolute Gasteiger partial charge is 0.467 e. The Hall–Kier alpha value is -3.48. The minimum absolute atomic E-state index is 0.0138. The van der Waals surface area contributed by atoms with Crippen molar-refractivity contribution in [1.29, 1.82) is 0 Å². The van der Waals surface area contributed by atoms with E-state index in [1.54, 1.807) is 24.3 Å². The van der Waals surface area contributed by atoms with E-state index in [-0.39, 0.29) is 31.1 Å². The molecule has 2 aromatic carbocycles. The number of nitrogens with zero attached hydrogens (tertiary/aromatic N) is 1. The van der Waals surface area contributed by atoms with Gasteiger partial charge in [0.15, 0.2) is 0 Å². The molecule has 0 saturated heterocycles. The monoisotopic (exact) mass is 398 g/mol. The summed E-state index contributed by atoms with van der Waals surface area (Å²) >= 11 is 0. The van der Waals surface area contributed by atoms with E-state index in [0.717, 1.165) is 17.7 Å². The van der Waals surface area contributed by atoms with Crippen molar-refractivity contribution in [3.8, 4) is 0 Å². The molecule has 7 heteroatoms. The van der Waals surface area contributed by atoms with Crippen LogP contribution in [0.4, 0.5) is 14.5 Å². The fourth-order valence-corrected chi connectivity index (χ4v) is 2.91. The van der Waals surface area contributed by atoms with Crippen molar-refractivity contribution >= 4 is 17.5 Å². The molecule has 0 aliphatic carbocycles. The van der Waals surface area contributed by atoms with Crippen molar-refractivity contribution in [2.24, 2.45) is 0 Å². The third kappa shape index (κ3) is 5.07. The predicted molar refractivity (Wildman–Crippen MR) is 104 cm³/mol. The molecule has 2 amide bonds. The zero-order valence-corrected chi connectivity index (χ0v) is 15.8. The van der Waals surface area contributed by atoms with Gasteiger partial charge in [-0.25, -0.2) is 8.78 Å². The number of nitrogens with one attached hydrogen (secondary N) is 1. The molecule has 0 saturated carbocycles. The molecule has 0 fully saturated rings. The second kappa shape index (κ2) is 9.14. The van der Waals surface area contributed by atoms with Gasteiger partial charge >= 0.3 is 0 Å². The highest BCUT2D eigenvalue weighted by Gasteiger charge is 2.21. The Morgan fingerprint density at radius 1 is 1.07 bits per heavy atom. The van der Waals surface area contributed by atoms with Gasteiger partial charge in [0.05, 0.1) is 18.5 Å². The van der Waals surface area contributed by atoms with Gasteiger partial charge in [-0.1, -0.05) is 18.2 Å². The summed E-state index contributed by atoms with van der Waals surface area (Å²) in [5.74, 6) is -1.86. The molecule has 3 rings (SSSR count). The van der Waals surface area contributed by atoms with Gasteiger partial charge in [0, 0.05) is 24.6 Å². The van der Waals surface area contributed by atoms with Crippen LogP contribution in [0.25, 0.3) is 0 Å². The third-order valence-electron chi connectivity index (χ3n) is 4.41. The van der Waals surface area contributed by atoms with Gasteiger partial charge in [-0.05, 0) is 42.8 Å². The number of amides is 2. The average Bonchev–Trinajstić information content (AvgIpc) is 3.20. The zero-order chi connectivity index (χ0) is 20.8. The number of benzene rings is 2. The number of halogens is 2. The fourth-order valence-electron chi connectivity index (χ4n) is 2.91. The number of rotatable bonds is 7. The van der Waals surface area contributed by atoms with Crippen LogP contribution in [0.2, 0.25) is 0 Å². The summed E-state index contributed by atoms with van der Waals surface area (Å²) in [4.78, 5) is 26.2. The van der Waals surface area contributed by atoms with E-state index in [2.05, 4.69) is 5.32 Å². The molecule has 0 aliphatic rings. The minimum atomic E-state index is -0.853. The van der Waals surface area contributed by atoms with E-state index >= 15 is 0 Å². The highest BCUT2D eigenvalue weighted by Crippen LogP contribution is 2.23. The van der Waals surface area contributed by atoms with Gasteiger partial charge in [-0.2, -0.15) is 0 Å². The molecule has 150 valence electrons. The van der Waals surface area contributed by atoms with Crippen LogP contribution in [0.15, 0.2) is 65.3 Å². The highest BCUT2D eigenvalue weighted by atomic mass is 19.1. The first-order chi connectivity index (χ1) is 14.0. The molecule has 0 bridgehead atoms. The average molecular weight is 398 g/mol. The number of hydrogen-bond donors (Lipinski definition) is 1. The van der Waals surface area contributed by atoms with Crippen LogP contribution in [0.1, 0.15) is 28.1 Å². The number of anilines is 1. The Bertz CT molecular complexity index is 1000. The Kier molecular flexibility index (Phi) is 6.39. The molecule has 0 aliphatic heterocycles. The number of hydrogen-bond acceptors (Lipinski definition) is 3. The first-order valence-electron chi connectivity index (χ1n) is 9.07. The number of carbonyl (C=O) groups excluding carboxylic acids is 2. The number of aryl methyl sites for hydroxylation is 1. The Morgan fingerprint density at radius 2 is 1.86 bits per heavy atom. The van der Waals surface area contributed by atoms with Gasteiger partial charge in [0.25, 0.3) is 5.91 Å². The number of furan rings is 1. The summed E-state index contributed by atoms with van der Waals surface area (Å²) < 4.78 is 32.8. The van der Waals surface area contributed by atoms with Crippen molar-refractivity contribution in [2.45, 2.75) is 19.9 Å². The molecular weight excluding hydrogens is 378 g/mol. The lowest BCUT2D eigenvalue weighted by atomic mass is 10.1. The Labute approximate surface area is 166 Å². The van der Waals surface area contributed by atoms with Crippen molar-refractivity contribution in [2.75, 3.05) is 11.4 Å². The summed E-state index contributed by atoms with van der Waals surface area (Å²) in [6.07, 6.45) is 1.39. The smallest absolute Gasteiger partial charge is 0.251 e. The lowest BCUT2D eigenvalue weighted by Crippen LogP contribution is -2.35. The van der Waals surface area contributed by atoms with Crippen LogP contribution in [-0.2, 0) is 11.3 Å². The second-order valence-corrected chi connectivity index (χ2v) is 6.48. The summed E-state index contributed by atoms with van der Waals surface area (Å²) in [5.41, 5.74) is 1.29. The van der Waals surface area contributed by atoms with Crippen molar-refractivity contribution in [1.82, 2.24) is 5.32 Å². The first kappa shape index (κ1) is 20.3. The fraction of sp³-hybridized carbons (Fsp3) is 0.182. The standard InChI is InChI=1S/C22H20F2N2O3/c1-15-5-2-3-7-18(15)22(28)25-11-10-21(27)26(14-17-6-4-12-29-17)20-9-8-16(23)13-19(20)24/h2-9,12-13H,10-11,14H2,1H3,(H,25,28). The molecule has 0 atom stereocenters. The van der Waals surface area contributed by atoms with Crippen LogP contribution in [0, 0.1) is 18.6 Å². The van der Waals surface area contributed by atoms with Gasteiger partial charge in [0.1, 0.15) is 17.4 Å². The predicted octanol–water partition coefficient (Wildman–Crippen LogP) is 4.22. The lowest BCUT2D eigenvalue weighted by Gasteiger charge is -2.22. The maximum absolute atomic E-state index is 14.3. The Balaban J connectivity index is 1.69. The molecule has 0 unspecified atom stereocenters. The maximum Gasteiger partial charge on any atom is 0.251 e. The summed E-state index contributed by atoms with van der Waals surface area (Å²) in [7, 11) is 0. The van der Waals surface area contributed by atoms with Gasteiger partial charge < -0.3 is 14.6 Å². The summed E-state index contributed by atoms with van der Waals surface area (Å²) in [5, 5.41) is 2.70. The number of carbonyl (C=O) groups is 2.